The van der Waals surface area contributed by atoms with Crippen LogP contribution in [0.4, 0.5) is 11.4 Å². The maximum absolute atomic E-state index is 12.2. The van der Waals surface area contributed by atoms with Crippen molar-refractivity contribution in [3.63, 3.8) is 0 Å². The summed E-state index contributed by atoms with van der Waals surface area (Å²) in [7, 11) is 1.54. The number of methoxy groups -OCH3 is 1. The van der Waals surface area contributed by atoms with Gasteiger partial charge in [-0.05, 0) is 42.5 Å². The maximum Gasteiger partial charge on any atom is 0.224 e. The smallest absolute Gasteiger partial charge is 0.224 e. The van der Waals surface area contributed by atoms with Crippen molar-refractivity contribution in [1.82, 2.24) is 0 Å². The third-order valence-corrected chi connectivity index (χ3v) is 4.45. The number of rotatable bonds is 8. The molecule has 0 aliphatic rings. The first-order chi connectivity index (χ1) is 12.1. The number of anilines is 2. The van der Waals surface area contributed by atoms with Crippen LogP contribution in [0, 0.1) is 0 Å². The van der Waals surface area contributed by atoms with Crippen molar-refractivity contribution < 1.29 is 14.3 Å². The zero-order valence-electron chi connectivity index (χ0n) is 14.4. The lowest BCUT2D eigenvalue weighted by Gasteiger charge is -2.12. The third-order valence-electron chi connectivity index (χ3n) is 3.35. The minimum atomic E-state index is -0.166. The number of carbonyl (C=O) groups excluding carboxylic acids is 2. The van der Waals surface area contributed by atoms with E-state index in [1.807, 2.05) is 18.2 Å². The molecule has 0 aromatic heterocycles. The molecule has 0 spiro atoms. The van der Waals surface area contributed by atoms with Gasteiger partial charge in [-0.25, -0.2) is 0 Å². The second kappa shape index (κ2) is 9.74. The molecule has 0 unspecified atom stereocenters. The Morgan fingerprint density at radius 3 is 2.52 bits per heavy atom. The highest BCUT2D eigenvalue weighted by molar-refractivity contribution is 7.99. The molecule has 0 saturated carbocycles. The summed E-state index contributed by atoms with van der Waals surface area (Å²) in [5.74, 6) is 1.19. The lowest BCUT2D eigenvalue weighted by atomic mass is 10.2. The first-order valence-corrected chi connectivity index (χ1v) is 9.00. The minimum Gasteiger partial charge on any atom is -0.495 e. The van der Waals surface area contributed by atoms with Crippen LogP contribution in [-0.2, 0) is 9.59 Å². The molecule has 0 aliphatic heterocycles. The van der Waals surface area contributed by atoms with E-state index in [1.165, 1.54) is 11.8 Å². The number of ether oxygens (including phenoxy) is 1. The van der Waals surface area contributed by atoms with Gasteiger partial charge in [-0.2, -0.15) is 0 Å². The highest BCUT2D eigenvalue weighted by Gasteiger charge is 2.09. The number of hydrogen-bond donors (Lipinski definition) is 2. The second-order valence-electron chi connectivity index (χ2n) is 5.41. The van der Waals surface area contributed by atoms with Crippen LogP contribution in [0.5, 0.6) is 5.75 Å². The molecular formula is C19H22N2O3S. The van der Waals surface area contributed by atoms with Gasteiger partial charge in [0.1, 0.15) is 5.75 Å². The molecule has 5 nitrogen and oxygen atoms in total. The number of benzene rings is 2. The SMILES string of the molecule is COc1ccc(NC(C)=O)cc1NC(=O)CCCSc1ccccc1. The van der Waals surface area contributed by atoms with Gasteiger partial charge in [0.25, 0.3) is 0 Å². The van der Waals surface area contributed by atoms with E-state index in [2.05, 4.69) is 22.8 Å². The summed E-state index contributed by atoms with van der Waals surface area (Å²) in [5, 5.41) is 5.54. The molecule has 0 fully saturated rings. The fourth-order valence-electron chi connectivity index (χ4n) is 2.24. The predicted octanol–water partition coefficient (Wildman–Crippen LogP) is 4.16. The monoisotopic (exact) mass is 358 g/mol. The fraction of sp³-hybridized carbons (Fsp3) is 0.263. The van der Waals surface area contributed by atoms with E-state index in [-0.39, 0.29) is 11.8 Å². The van der Waals surface area contributed by atoms with Gasteiger partial charge in [-0.1, -0.05) is 18.2 Å². The quantitative estimate of drug-likeness (QED) is 0.549. The van der Waals surface area contributed by atoms with Gasteiger partial charge in [0, 0.05) is 23.9 Å². The van der Waals surface area contributed by atoms with Gasteiger partial charge in [0.15, 0.2) is 0 Å². The molecule has 0 heterocycles. The molecule has 2 aromatic carbocycles. The topological polar surface area (TPSA) is 67.4 Å². The van der Waals surface area contributed by atoms with E-state index in [9.17, 15) is 9.59 Å². The summed E-state index contributed by atoms with van der Waals surface area (Å²) >= 11 is 1.73. The highest BCUT2D eigenvalue weighted by Crippen LogP contribution is 2.28. The van der Waals surface area contributed by atoms with E-state index in [0.29, 0.717) is 23.5 Å². The molecule has 25 heavy (non-hydrogen) atoms. The highest BCUT2D eigenvalue weighted by atomic mass is 32.2. The molecule has 132 valence electrons. The molecular weight excluding hydrogens is 336 g/mol. The van der Waals surface area contributed by atoms with Crippen LogP contribution in [0.15, 0.2) is 53.4 Å². The van der Waals surface area contributed by atoms with E-state index < -0.39 is 0 Å². The Labute approximate surface area is 152 Å². The van der Waals surface area contributed by atoms with Crippen LogP contribution in [0.1, 0.15) is 19.8 Å². The molecule has 0 radical (unpaired) electrons. The lowest BCUT2D eigenvalue weighted by molar-refractivity contribution is -0.116. The van der Waals surface area contributed by atoms with Gasteiger partial charge >= 0.3 is 0 Å². The number of carbonyl (C=O) groups is 2. The molecule has 2 aromatic rings. The van der Waals surface area contributed by atoms with Crippen molar-refractivity contribution in [2.75, 3.05) is 23.5 Å². The Bertz CT molecular complexity index is 720. The Morgan fingerprint density at radius 1 is 1.08 bits per heavy atom. The van der Waals surface area contributed by atoms with Crippen molar-refractivity contribution in [3.05, 3.63) is 48.5 Å². The van der Waals surface area contributed by atoms with Crippen LogP contribution in [0.2, 0.25) is 0 Å². The van der Waals surface area contributed by atoms with Crippen molar-refractivity contribution in [2.24, 2.45) is 0 Å². The summed E-state index contributed by atoms with van der Waals surface area (Å²) in [6.07, 6.45) is 1.20. The van der Waals surface area contributed by atoms with Gasteiger partial charge in [-0.3, -0.25) is 9.59 Å². The molecule has 2 N–H and O–H groups in total. The van der Waals surface area contributed by atoms with Crippen molar-refractivity contribution in [3.8, 4) is 5.75 Å². The Kier molecular flexibility index (Phi) is 7.35. The largest absolute Gasteiger partial charge is 0.495 e. The van der Waals surface area contributed by atoms with E-state index in [1.54, 1.807) is 37.1 Å². The van der Waals surface area contributed by atoms with Crippen molar-refractivity contribution in [1.29, 1.82) is 0 Å². The molecule has 0 bridgehead atoms. The molecule has 0 aliphatic carbocycles. The zero-order chi connectivity index (χ0) is 18.1. The minimum absolute atomic E-state index is 0.0769. The Morgan fingerprint density at radius 2 is 1.84 bits per heavy atom. The van der Waals surface area contributed by atoms with E-state index >= 15 is 0 Å². The summed E-state index contributed by atoms with van der Waals surface area (Å²) in [6, 6.07) is 15.2. The molecule has 0 atom stereocenters. The third kappa shape index (κ3) is 6.51. The maximum atomic E-state index is 12.2. The fourth-order valence-corrected chi connectivity index (χ4v) is 3.11. The van der Waals surface area contributed by atoms with Crippen LogP contribution in [0.3, 0.4) is 0 Å². The summed E-state index contributed by atoms with van der Waals surface area (Å²) in [5.41, 5.74) is 1.16. The van der Waals surface area contributed by atoms with Gasteiger partial charge in [0.05, 0.1) is 12.8 Å². The second-order valence-corrected chi connectivity index (χ2v) is 6.58. The number of hydrogen-bond acceptors (Lipinski definition) is 4. The van der Waals surface area contributed by atoms with Crippen molar-refractivity contribution >= 4 is 35.0 Å². The number of amides is 2. The summed E-state index contributed by atoms with van der Waals surface area (Å²) in [4.78, 5) is 24.5. The summed E-state index contributed by atoms with van der Waals surface area (Å²) < 4.78 is 5.26. The first kappa shape index (κ1) is 18.9. The van der Waals surface area contributed by atoms with Crippen LogP contribution in [-0.4, -0.2) is 24.7 Å². The number of nitrogens with one attached hydrogen (secondary N) is 2. The van der Waals surface area contributed by atoms with Gasteiger partial charge < -0.3 is 15.4 Å². The zero-order valence-corrected chi connectivity index (χ0v) is 15.2. The Hall–Kier alpha value is -2.47. The predicted molar refractivity (Wildman–Crippen MR) is 102 cm³/mol. The molecule has 0 saturated heterocycles. The van der Waals surface area contributed by atoms with Crippen LogP contribution >= 0.6 is 11.8 Å². The number of thioether (sulfide) groups is 1. The molecule has 2 amide bonds. The van der Waals surface area contributed by atoms with Crippen LogP contribution < -0.4 is 15.4 Å². The van der Waals surface area contributed by atoms with E-state index in [4.69, 9.17) is 4.74 Å². The average molecular weight is 358 g/mol. The lowest BCUT2D eigenvalue weighted by Crippen LogP contribution is -2.13. The summed E-state index contributed by atoms with van der Waals surface area (Å²) in [6.45, 7) is 1.44. The van der Waals surface area contributed by atoms with Crippen LogP contribution in [0.25, 0.3) is 0 Å². The van der Waals surface area contributed by atoms with Crippen molar-refractivity contribution in [2.45, 2.75) is 24.7 Å². The molecule has 6 heteroatoms. The standard InChI is InChI=1S/C19H22N2O3S/c1-14(22)20-15-10-11-18(24-2)17(13-15)21-19(23)9-6-12-25-16-7-4-3-5-8-16/h3-5,7-8,10-11,13H,6,9,12H2,1-2H3,(H,20,22)(H,21,23). The normalized spacial score (nSPS) is 10.2. The van der Waals surface area contributed by atoms with E-state index in [0.717, 1.165) is 12.2 Å². The Balaban J connectivity index is 1.85. The van der Waals surface area contributed by atoms with Gasteiger partial charge in [-0.15, -0.1) is 11.8 Å². The first-order valence-electron chi connectivity index (χ1n) is 8.02. The van der Waals surface area contributed by atoms with Gasteiger partial charge in [0.2, 0.25) is 11.8 Å². The average Bonchev–Trinajstić information content (AvgIpc) is 2.59. The molecule has 2 rings (SSSR count).